The van der Waals surface area contributed by atoms with Gasteiger partial charge < -0.3 is 0 Å². The van der Waals surface area contributed by atoms with E-state index in [9.17, 15) is 0 Å². The number of hydrogen-bond donors (Lipinski definition) is 0. The van der Waals surface area contributed by atoms with Crippen LogP contribution in [0.4, 0.5) is 0 Å². The Morgan fingerprint density at radius 1 is 0.288 bits per heavy atom. The van der Waals surface area contributed by atoms with Crippen LogP contribution in [0.3, 0.4) is 0 Å². The fraction of sp³-hybridized carbons (Fsp3) is 0.115. The highest BCUT2D eigenvalue weighted by Gasteiger charge is 2.37. The van der Waals surface area contributed by atoms with Crippen LogP contribution in [0.25, 0.3) is 88.0 Å². The summed E-state index contributed by atoms with van der Waals surface area (Å²) in [5.41, 5.74) is 18.6. The van der Waals surface area contributed by atoms with Crippen LogP contribution < -0.4 is 0 Å². The molecule has 0 heteroatoms. The van der Waals surface area contributed by atoms with Gasteiger partial charge in [-0.3, -0.25) is 0 Å². The van der Waals surface area contributed by atoms with Crippen molar-refractivity contribution in [3.05, 3.63) is 180 Å². The Morgan fingerprint density at radius 2 is 0.731 bits per heavy atom. The third kappa shape index (κ3) is 3.98. The molecule has 0 N–H and O–H groups in total. The summed E-state index contributed by atoms with van der Waals surface area (Å²) in [6.07, 6.45) is 0. The number of benzene rings is 9. The predicted octanol–water partition coefficient (Wildman–Crippen LogP) is 14.2. The molecule has 0 nitrogen and oxygen atoms in total. The highest BCUT2D eigenvalue weighted by molar-refractivity contribution is 6.25. The van der Waals surface area contributed by atoms with Gasteiger partial charge in [0.05, 0.1) is 0 Å². The van der Waals surface area contributed by atoms with Crippen LogP contribution in [0.5, 0.6) is 0 Å². The number of hydrogen-bond acceptors (Lipinski definition) is 0. The van der Waals surface area contributed by atoms with Gasteiger partial charge >= 0.3 is 0 Å². The fourth-order valence-corrected chi connectivity index (χ4v) is 9.83. The van der Waals surface area contributed by atoms with E-state index < -0.39 is 0 Å². The molecule has 11 rings (SSSR count). The van der Waals surface area contributed by atoms with Gasteiger partial charge in [-0.1, -0.05) is 161 Å². The minimum atomic E-state index is -0.118. The van der Waals surface area contributed by atoms with E-state index in [1.54, 1.807) is 0 Å². The van der Waals surface area contributed by atoms with Gasteiger partial charge in [-0.25, -0.2) is 0 Å². The lowest BCUT2D eigenvalue weighted by Gasteiger charge is -2.23. The van der Waals surface area contributed by atoms with Crippen molar-refractivity contribution in [2.75, 3.05) is 0 Å². The van der Waals surface area contributed by atoms with Gasteiger partial charge in [-0.15, -0.1) is 0 Å². The van der Waals surface area contributed by atoms with Gasteiger partial charge in [0.25, 0.3) is 0 Å². The standard InChI is InChI=1S/C52H38/c1-51(2)45-14-6-5-13-40(45)41-23-20-36(29-46(41)51)37-21-25-43-42-24-19-35(28-47(42)52(3,4)48(43)30-37)34-11-8-12-38(27-34)39-22-17-33-16-15-31-9-7-10-32-18-26-44(39)50(33)49(31)32/h5-30H,1-4H3. The quantitative estimate of drug-likeness (QED) is 0.165. The SMILES string of the molecule is CC1(C)c2ccccc2-c2ccc(-c3ccc4c(c3)C(C)(C)c3cc(-c5cccc(-c6ccc7ccc8cccc9ccc6c7c89)c5)ccc3-4)cc21. The van der Waals surface area contributed by atoms with Crippen LogP contribution in [-0.4, -0.2) is 0 Å². The van der Waals surface area contributed by atoms with Gasteiger partial charge in [0.1, 0.15) is 0 Å². The summed E-state index contributed by atoms with van der Waals surface area (Å²) in [5, 5.41) is 7.95. The lowest BCUT2D eigenvalue weighted by atomic mass is 9.80. The number of fused-ring (bicyclic) bond motifs is 6. The van der Waals surface area contributed by atoms with E-state index in [2.05, 4.69) is 185 Å². The van der Waals surface area contributed by atoms with Crippen LogP contribution in [0, 0.1) is 0 Å². The second-order valence-electron chi connectivity index (χ2n) is 16.1. The molecule has 0 bridgehead atoms. The molecule has 52 heavy (non-hydrogen) atoms. The van der Waals surface area contributed by atoms with Crippen LogP contribution in [0.15, 0.2) is 158 Å². The summed E-state index contributed by atoms with van der Waals surface area (Å²) in [4.78, 5) is 0. The van der Waals surface area contributed by atoms with Crippen molar-refractivity contribution < 1.29 is 0 Å². The van der Waals surface area contributed by atoms with E-state index >= 15 is 0 Å². The minimum absolute atomic E-state index is 0.0121. The molecule has 0 fully saturated rings. The van der Waals surface area contributed by atoms with Crippen LogP contribution in [-0.2, 0) is 10.8 Å². The molecule has 246 valence electrons. The highest BCUT2D eigenvalue weighted by Crippen LogP contribution is 2.53. The molecule has 9 aromatic carbocycles. The molecule has 0 spiro atoms. The van der Waals surface area contributed by atoms with E-state index in [1.807, 2.05) is 0 Å². The Balaban J connectivity index is 0.970. The molecular weight excluding hydrogens is 625 g/mol. The topological polar surface area (TPSA) is 0 Å². The smallest absolute Gasteiger partial charge is 0.0159 e. The van der Waals surface area contributed by atoms with Crippen LogP contribution in [0.2, 0.25) is 0 Å². The largest absolute Gasteiger partial charge is 0.0619 e. The first kappa shape index (κ1) is 29.7. The van der Waals surface area contributed by atoms with Crippen molar-refractivity contribution >= 4 is 32.3 Å². The van der Waals surface area contributed by atoms with Crippen LogP contribution >= 0.6 is 0 Å². The summed E-state index contributed by atoms with van der Waals surface area (Å²) in [6, 6.07) is 59.8. The van der Waals surface area contributed by atoms with E-state index in [-0.39, 0.29) is 10.8 Å². The molecule has 9 aromatic rings. The van der Waals surface area contributed by atoms with Gasteiger partial charge in [-0.2, -0.15) is 0 Å². The van der Waals surface area contributed by atoms with Crippen molar-refractivity contribution in [3.8, 4) is 55.6 Å². The van der Waals surface area contributed by atoms with Gasteiger partial charge in [0.15, 0.2) is 0 Å². The van der Waals surface area contributed by atoms with E-state index in [0.29, 0.717) is 0 Å². The molecule has 0 heterocycles. The molecule has 0 amide bonds. The molecule has 0 unspecified atom stereocenters. The van der Waals surface area contributed by atoms with Crippen molar-refractivity contribution in [3.63, 3.8) is 0 Å². The van der Waals surface area contributed by atoms with Gasteiger partial charge in [0, 0.05) is 10.8 Å². The minimum Gasteiger partial charge on any atom is -0.0619 e. The van der Waals surface area contributed by atoms with Crippen LogP contribution in [0.1, 0.15) is 49.9 Å². The van der Waals surface area contributed by atoms with Crippen molar-refractivity contribution in [2.45, 2.75) is 38.5 Å². The van der Waals surface area contributed by atoms with Gasteiger partial charge in [0.2, 0.25) is 0 Å². The second-order valence-corrected chi connectivity index (χ2v) is 16.1. The first-order chi connectivity index (χ1) is 25.3. The molecule has 0 aromatic heterocycles. The summed E-state index contributed by atoms with van der Waals surface area (Å²) in [5.74, 6) is 0. The zero-order valence-electron chi connectivity index (χ0n) is 30.0. The van der Waals surface area contributed by atoms with E-state index in [4.69, 9.17) is 0 Å². The Labute approximate surface area is 305 Å². The van der Waals surface area contributed by atoms with E-state index in [1.165, 1.54) is 110 Å². The molecule has 0 saturated heterocycles. The lowest BCUT2D eigenvalue weighted by molar-refractivity contribution is 0.659. The van der Waals surface area contributed by atoms with E-state index in [0.717, 1.165) is 0 Å². The Morgan fingerprint density at radius 3 is 1.37 bits per heavy atom. The summed E-state index contributed by atoms with van der Waals surface area (Å²) in [7, 11) is 0. The molecule has 0 aliphatic heterocycles. The average Bonchev–Trinajstić information content (AvgIpc) is 3.55. The molecule has 0 radical (unpaired) electrons. The monoisotopic (exact) mass is 662 g/mol. The maximum absolute atomic E-state index is 2.46. The summed E-state index contributed by atoms with van der Waals surface area (Å²) >= 11 is 0. The lowest BCUT2D eigenvalue weighted by Crippen LogP contribution is -2.15. The van der Waals surface area contributed by atoms with Gasteiger partial charge in [-0.05, 0) is 134 Å². The number of rotatable bonds is 3. The zero-order chi connectivity index (χ0) is 34.9. The second kappa shape index (κ2) is 10.3. The van der Waals surface area contributed by atoms with Crippen molar-refractivity contribution in [1.29, 1.82) is 0 Å². The maximum Gasteiger partial charge on any atom is 0.0159 e. The normalized spacial score (nSPS) is 14.8. The molecule has 0 atom stereocenters. The summed E-state index contributed by atoms with van der Waals surface area (Å²) in [6.45, 7) is 9.52. The first-order valence-corrected chi connectivity index (χ1v) is 18.6. The average molecular weight is 663 g/mol. The predicted molar refractivity (Wildman–Crippen MR) is 222 cm³/mol. The van der Waals surface area contributed by atoms with Crippen molar-refractivity contribution in [2.24, 2.45) is 0 Å². The highest BCUT2D eigenvalue weighted by atomic mass is 14.4. The Kier molecular flexibility index (Phi) is 5.89. The molecule has 0 saturated carbocycles. The third-order valence-electron chi connectivity index (χ3n) is 12.6. The Hall–Kier alpha value is -5.98. The fourth-order valence-electron chi connectivity index (χ4n) is 9.83. The first-order valence-electron chi connectivity index (χ1n) is 18.6. The molecule has 2 aliphatic carbocycles. The molecular formula is C52H38. The van der Waals surface area contributed by atoms with Crippen molar-refractivity contribution in [1.82, 2.24) is 0 Å². The zero-order valence-corrected chi connectivity index (χ0v) is 30.0. The molecule has 2 aliphatic rings. The Bertz CT molecular complexity index is 2930. The third-order valence-corrected chi connectivity index (χ3v) is 12.6. The summed E-state index contributed by atoms with van der Waals surface area (Å²) < 4.78 is 0. The maximum atomic E-state index is 2.46.